The summed E-state index contributed by atoms with van der Waals surface area (Å²) in [6, 6.07) is 0. The van der Waals surface area contributed by atoms with Crippen molar-refractivity contribution >= 4 is 0 Å². The van der Waals surface area contributed by atoms with E-state index in [-0.39, 0.29) is 0 Å². The largest absolute Gasteiger partial charge is 0.203 e. The van der Waals surface area contributed by atoms with Crippen molar-refractivity contribution in [3.8, 4) is 0 Å². The summed E-state index contributed by atoms with van der Waals surface area (Å²) < 4.78 is 133. The van der Waals surface area contributed by atoms with E-state index in [4.69, 9.17) is 0 Å². The molecule has 0 N–H and O–H groups in total. The lowest BCUT2D eigenvalue weighted by molar-refractivity contribution is 0.357. The van der Waals surface area contributed by atoms with Crippen LogP contribution >= 0.6 is 0 Å². The fraction of sp³-hybridized carbons (Fsp3) is 0.200. The second-order valence-electron chi connectivity index (χ2n) is 5.14. The van der Waals surface area contributed by atoms with Crippen molar-refractivity contribution in [3.05, 3.63) is 69.3 Å². The van der Waals surface area contributed by atoms with E-state index in [9.17, 15) is 43.9 Å². The summed E-state index contributed by atoms with van der Waals surface area (Å²) in [6.45, 7) is 0.802. The Balaban J connectivity index is 2.58. The summed E-state index contributed by atoms with van der Waals surface area (Å²) in [5.74, 6) is -24.9. The minimum absolute atomic E-state index is 0.802. The van der Waals surface area contributed by atoms with Crippen LogP contribution in [0, 0.1) is 58.2 Å². The van der Waals surface area contributed by atoms with Crippen LogP contribution in [-0.2, 0) is 6.42 Å². The lowest BCUT2D eigenvalue weighted by Gasteiger charge is -2.17. The first-order valence-electron chi connectivity index (χ1n) is 6.52. The van der Waals surface area contributed by atoms with E-state index < -0.39 is 81.6 Å². The minimum atomic E-state index is -2.44. The molecule has 0 aliphatic heterocycles. The SMILES string of the molecule is CC(Cc1c(F)c(F)c(F)c(F)c1F)c1c(F)c(F)c(F)c(F)c1F. The van der Waals surface area contributed by atoms with Crippen LogP contribution in [0.4, 0.5) is 43.9 Å². The van der Waals surface area contributed by atoms with Gasteiger partial charge in [-0.05, 0) is 12.3 Å². The first kappa shape index (κ1) is 19.1. The molecule has 0 fully saturated rings. The smallest absolute Gasteiger partial charge is 0.200 e. The average Bonchev–Trinajstić information content (AvgIpc) is 2.58. The average molecular weight is 376 g/mol. The van der Waals surface area contributed by atoms with Gasteiger partial charge in [-0.25, -0.2) is 43.9 Å². The molecule has 0 radical (unpaired) electrons. The molecule has 0 aromatic heterocycles. The van der Waals surface area contributed by atoms with E-state index in [1.807, 2.05) is 0 Å². The summed E-state index contributed by atoms with van der Waals surface area (Å²) in [4.78, 5) is 0. The highest BCUT2D eigenvalue weighted by Crippen LogP contribution is 2.33. The summed E-state index contributed by atoms with van der Waals surface area (Å²) in [7, 11) is 0. The van der Waals surface area contributed by atoms with Gasteiger partial charge in [0.05, 0.1) is 0 Å². The van der Waals surface area contributed by atoms with Gasteiger partial charge in [-0.3, -0.25) is 0 Å². The molecule has 0 heterocycles. The molecule has 2 rings (SSSR count). The Labute approximate surface area is 133 Å². The van der Waals surface area contributed by atoms with Gasteiger partial charge in [0.1, 0.15) is 0 Å². The second-order valence-corrected chi connectivity index (χ2v) is 5.14. The number of halogens is 10. The summed E-state index contributed by atoms with van der Waals surface area (Å²) in [5, 5.41) is 0. The first-order chi connectivity index (χ1) is 11.5. The fourth-order valence-corrected chi connectivity index (χ4v) is 2.29. The Morgan fingerprint density at radius 3 is 1.12 bits per heavy atom. The number of benzene rings is 2. The Kier molecular flexibility index (Phi) is 5.01. The van der Waals surface area contributed by atoms with E-state index >= 15 is 0 Å². The molecule has 10 heteroatoms. The van der Waals surface area contributed by atoms with Gasteiger partial charge < -0.3 is 0 Å². The zero-order valence-corrected chi connectivity index (χ0v) is 12.1. The highest BCUT2D eigenvalue weighted by molar-refractivity contribution is 5.31. The Hall–Kier alpha value is -2.26. The third kappa shape index (κ3) is 2.93. The van der Waals surface area contributed by atoms with Crippen molar-refractivity contribution < 1.29 is 43.9 Å². The maximum Gasteiger partial charge on any atom is 0.200 e. The molecule has 25 heavy (non-hydrogen) atoms. The first-order valence-corrected chi connectivity index (χ1v) is 6.52. The minimum Gasteiger partial charge on any atom is -0.203 e. The summed E-state index contributed by atoms with van der Waals surface area (Å²) >= 11 is 0. The molecule has 1 atom stereocenters. The molecular formula is C15H6F10. The van der Waals surface area contributed by atoms with Crippen LogP contribution in [0.1, 0.15) is 24.0 Å². The van der Waals surface area contributed by atoms with Crippen molar-refractivity contribution in [2.75, 3.05) is 0 Å². The molecule has 0 spiro atoms. The normalized spacial score (nSPS) is 12.6. The van der Waals surface area contributed by atoms with Gasteiger partial charge in [-0.15, -0.1) is 0 Å². The molecule has 0 saturated carbocycles. The molecule has 2 aromatic rings. The maximum atomic E-state index is 13.7. The number of hydrogen-bond acceptors (Lipinski definition) is 0. The van der Waals surface area contributed by atoms with Gasteiger partial charge in [0.15, 0.2) is 46.5 Å². The molecule has 0 aliphatic rings. The lowest BCUT2D eigenvalue weighted by Crippen LogP contribution is -2.14. The van der Waals surface area contributed by atoms with Crippen LogP contribution in [-0.4, -0.2) is 0 Å². The zero-order valence-electron chi connectivity index (χ0n) is 12.1. The van der Waals surface area contributed by atoms with Crippen LogP contribution in [0.2, 0.25) is 0 Å². The molecule has 0 aliphatic carbocycles. The zero-order chi connectivity index (χ0) is 19.2. The highest BCUT2D eigenvalue weighted by Gasteiger charge is 2.31. The van der Waals surface area contributed by atoms with Gasteiger partial charge >= 0.3 is 0 Å². The van der Waals surface area contributed by atoms with Crippen molar-refractivity contribution in [2.45, 2.75) is 19.3 Å². The molecule has 0 nitrogen and oxygen atoms in total. The van der Waals surface area contributed by atoms with Crippen molar-refractivity contribution in [3.63, 3.8) is 0 Å². The third-order valence-electron chi connectivity index (χ3n) is 3.55. The Morgan fingerprint density at radius 2 is 0.760 bits per heavy atom. The monoisotopic (exact) mass is 376 g/mol. The predicted molar refractivity (Wildman–Crippen MR) is 64.6 cm³/mol. The Morgan fingerprint density at radius 1 is 0.480 bits per heavy atom. The van der Waals surface area contributed by atoms with Gasteiger partial charge in [0.2, 0.25) is 11.6 Å². The van der Waals surface area contributed by atoms with Gasteiger partial charge in [0, 0.05) is 11.1 Å². The van der Waals surface area contributed by atoms with Crippen LogP contribution in [0.25, 0.3) is 0 Å². The third-order valence-corrected chi connectivity index (χ3v) is 3.55. The maximum absolute atomic E-state index is 13.7. The lowest BCUT2D eigenvalue weighted by atomic mass is 9.91. The Bertz CT molecular complexity index is 800. The molecule has 2 aromatic carbocycles. The molecule has 0 saturated heterocycles. The van der Waals surface area contributed by atoms with E-state index in [1.54, 1.807) is 0 Å². The van der Waals surface area contributed by atoms with Crippen molar-refractivity contribution in [2.24, 2.45) is 0 Å². The van der Waals surface area contributed by atoms with Crippen LogP contribution < -0.4 is 0 Å². The van der Waals surface area contributed by atoms with E-state index in [1.165, 1.54) is 0 Å². The van der Waals surface area contributed by atoms with Crippen LogP contribution in [0.5, 0.6) is 0 Å². The highest BCUT2D eigenvalue weighted by atomic mass is 19.2. The standard InChI is InChI=1S/C15H6F10/c1-3(5-8(18)12(22)15(25)13(23)9(5)19)2-4-6(16)10(20)14(24)11(21)7(4)17/h3H,2H2,1H3. The van der Waals surface area contributed by atoms with Gasteiger partial charge in [-0.2, -0.15) is 0 Å². The van der Waals surface area contributed by atoms with Crippen molar-refractivity contribution in [1.82, 2.24) is 0 Å². The molecule has 0 bridgehead atoms. The van der Waals surface area contributed by atoms with Gasteiger partial charge in [0.25, 0.3) is 0 Å². The molecule has 0 amide bonds. The topological polar surface area (TPSA) is 0 Å². The quantitative estimate of drug-likeness (QED) is 0.381. The van der Waals surface area contributed by atoms with Crippen LogP contribution in [0.15, 0.2) is 0 Å². The van der Waals surface area contributed by atoms with E-state index in [0.717, 1.165) is 6.92 Å². The number of hydrogen-bond donors (Lipinski definition) is 0. The van der Waals surface area contributed by atoms with Gasteiger partial charge in [-0.1, -0.05) is 6.92 Å². The predicted octanol–water partition coefficient (Wildman–Crippen LogP) is 5.42. The van der Waals surface area contributed by atoms with E-state index in [2.05, 4.69) is 0 Å². The second kappa shape index (κ2) is 6.57. The van der Waals surface area contributed by atoms with Crippen molar-refractivity contribution in [1.29, 1.82) is 0 Å². The van der Waals surface area contributed by atoms with E-state index in [0.29, 0.717) is 0 Å². The fourth-order valence-electron chi connectivity index (χ4n) is 2.29. The molecular weight excluding hydrogens is 370 g/mol. The molecule has 1 unspecified atom stereocenters. The summed E-state index contributed by atoms with van der Waals surface area (Å²) in [6.07, 6.45) is -1.20. The number of rotatable bonds is 3. The molecule has 136 valence electrons. The van der Waals surface area contributed by atoms with Crippen LogP contribution in [0.3, 0.4) is 0 Å². The summed E-state index contributed by atoms with van der Waals surface area (Å²) in [5.41, 5.74) is -2.87.